The molecule has 11 nitrogen and oxygen atoms in total. The standard InChI is InChI=1S/C22H22Cl2F5N9O2/c1-10-6-11(23)7-13(18(39)31-2)16(10)34-19(40)15-8-12(37-38(15)17-14(24)4-3-5-32-17)9-33-36-20(35-30)21(25,26)22(27,28)29/h3-6,8,11,17,30,32-33H,7,9H2,1-2H3,(H,31,39)(H,34,40)/b35-30?,36-20-. The third kappa shape index (κ3) is 6.50. The Morgan fingerprint density at radius 2 is 1.98 bits per heavy atom. The SMILES string of the molecule is CNC(=O)C1=C(NC(=O)c2cc(CN/N=C(\N=N)C(F)(F)C(F)(F)F)nn2C2NC=CC=C2Cl)C(C)=CC(Cl)C1. The molecule has 0 radical (unpaired) electrons. The zero-order valence-corrected chi connectivity index (χ0v) is 22.2. The number of nitrogens with zero attached hydrogens (tertiary/aromatic N) is 4. The van der Waals surface area contributed by atoms with Crippen LogP contribution in [0.15, 0.2) is 62.6 Å². The van der Waals surface area contributed by atoms with Crippen molar-refractivity contribution in [1.82, 2.24) is 31.2 Å². The molecule has 1 aliphatic heterocycles. The van der Waals surface area contributed by atoms with Gasteiger partial charge in [-0.05, 0) is 43.3 Å². The summed E-state index contributed by atoms with van der Waals surface area (Å²) >= 11 is 12.5. The Morgan fingerprint density at radius 3 is 2.58 bits per heavy atom. The minimum atomic E-state index is -6.02. The van der Waals surface area contributed by atoms with E-state index < -0.39 is 47.8 Å². The van der Waals surface area contributed by atoms with E-state index in [9.17, 15) is 31.5 Å². The van der Waals surface area contributed by atoms with Crippen LogP contribution in [0, 0.1) is 5.53 Å². The molecule has 0 saturated heterocycles. The van der Waals surface area contributed by atoms with Crippen LogP contribution in [-0.2, 0) is 11.3 Å². The van der Waals surface area contributed by atoms with E-state index >= 15 is 0 Å². The molecule has 18 heteroatoms. The van der Waals surface area contributed by atoms with Gasteiger partial charge in [-0.25, -0.2) is 10.2 Å². The van der Waals surface area contributed by atoms with Gasteiger partial charge in [0.2, 0.25) is 11.7 Å². The Labute approximate surface area is 233 Å². The number of allylic oxidation sites excluding steroid dienone is 4. The van der Waals surface area contributed by atoms with E-state index in [2.05, 4.69) is 31.3 Å². The second-order valence-electron chi connectivity index (χ2n) is 8.36. The Hall–Kier alpha value is -3.79. The highest BCUT2D eigenvalue weighted by molar-refractivity contribution is 6.30. The number of carbonyl (C=O) groups excluding carboxylic acids is 2. The van der Waals surface area contributed by atoms with E-state index in [0.717, 1.165) is 4.68 Å². The van der Waals surface area contributed by atoms with E-state index in [0.29, 0.717) is 5.57 Å². The maximum absolute atomic E-state index is 13.5. The molecular formula is C22H22Cl2F5N9O2. The summed E-state index contributed by atoms with van der Waals surface area (Å²) in [5, 5.41) is 17.1. The maximum Gasteiger partial charge on any atom is 0.461 e. The predicted molar refractivity (Wildman–Crippen MR) is 134 cm³/mol. The summed E-state index contributed by atoms with van der Waals surface area (Å²) in [5.41, 5.74) is 9.46. The first kappa shape index (κ1) is 30.7. The van der Waals surface area contributed by atoms with Gasteiger partial charge in [0.05, 0.1) is 28.3 Å². The van der Waals surface area contributed by atoms with Crippen LogP contribution in [0.2, 0.25) is 0 Å². The Balaban J connectivity index is 1.95. The molecule has 216 valence electrons. The monoisotopic (exact) mass is 609 g/mol. The van der Waals surface area contributed by atoms with Crippen molar-refractivity contribution < 1.29 is 31.5 Å². The molecule has 40 heavy (non-hydrogen) atoms. The normalized spacial score (nSPS) is 19.9. The second kappa shape index (κ2) is 12.2. The predicted octanol–water partition coefficient (Wildman–Crippen LogP) is 3.94. The van der Waals surface area contributed by atoms with Crippen LogP contribution in [-0.4, -0.2) is 52.0 Å². The summed E-state index contributed by atoms with van der Waals surface area (Å²) in [4.78, 5) is 25.9. The molecule has 2 unspecified atom stereocenters. The van der Waals surface area contributed by atoms with Crippen LogP contribution in [0.5, 0.6) is 0 Å². The highest BCUT2D eigenvalue weighted by atomic mass is 35.5. The van der Waals surface area contributed by atoms with Crippen LogP contribution >= 0.6 is 23.2 Å². The Morgan fingerprint density at radius 1 is 1.27 bits per heavy atom. The summed E-state index contributed by atoms with van der Waals surface area (Å²) in [5.74, 6) is -8.80. The van der Waals surface area contributed by atoms with Crippen LogP contribution in [0.25, 0.3) is 0 Å². The highest BCUT2D eigenvalue weighted by Gasteiger charge is 2.62. The number of rotatable bonds is 8. The van der Waals surface area contributed by atoms with Gasteiger partial charge in [-0.2, -0.15) is 32.2 Å². The smallest absolute Gasteiger partial charge is 0.365 e. The van der Waals surface area contributed by atoms with E-state index in [4.69, 9.17) is 28.7 Å². The average molecular weight is 610 g/mol. The fourth-order valence-electron chi connectivity index (χ4n) is 3.69. The average Bonchev–Trinajstić information content (AvgIpc) is 3.31. The molecular weight excluding hydrogens is 588 g/mol. The minimum absolute atomic E-state index is 0.0217. The van der Waals surface area contributed by atoms with Gasteiger partial charge in [-0.15, -0.1) is 16.7 Å². The summed E-state index contributed by atoms with van der Waals surface area (Å²) < 4.78 is 66.0. The van der Waals surface area contributed by atoms with Crippen molar-refractivity contribution in [2.45, 2.75) is 43.5 Å². The lowest BCUT2D eigenvalue weighted by Crippen LogP contribution is -2.43. The molecule has 0 saturated carbocycles. The van der Waals surface area contributed by atoms with E-state index in [1.54, 1.807) is 19.1 Å². The van der Waals surface area contributed by atoms with Gasteiger partial charge < -0.3 is 21.4 Å². The topological polar surface area (TPSA) is 149 Å². The molecule has 0 spiro atoms. The summed E-state index contributed by atoms with van der Waals surface area (Å²) in [6.45, 7) is 1.11. The van der Waals surface area contributed by atoms with Crippen LogP contribution < -0.4 is 21.4 Å². The molecule has 0 bridgehead atoms. The number of dihydropyridines is 1. The number of alkyl halides is 6. The molecule has 5 N–H and O–H groups in total. The van der Waals surface area contributed by atoms with Gasteiger partial charge in [0, 0.05) is 12.6 Å². The van der Waals surface area contributed by atoms with E-state index in [-0.39, 0.29) is 34.1 Å². The molecule has 1 aromatic rings. The lowest BCUT2D eigenvalue weighted by molar-refractivity contribution is -0.249. The van der Waals surface area contributed by atoms with Crippen molar-refractivity contribution >= 4 is 40.9 Å². The largest absolute Gasteiger partial charge is 0.461 e. The lowest BCUT2D eigenvalue weighted by atomic mass is 9.95. The number of amidine groups is 1. The van der Waals surface area contributed by atoms with Crippen molar-refractivity contribution in [3.05, 3.63) is 63.8 Å². The first-order valence-corrected chi connectivity index (χ1v) is 12.1. The van der Waals surface area contributed by atoms with Gasteiger partial charge >= 0.3 is 12.1 Å². The molecule has 1 aliphatic carbocycles. The molecule has 2 amide bonds. The summed E-state index contributed by atoms with van der Waals surface area (Å²) in [6, 6.07) is 1.22. The van der Waals surface area contributed by atoms with Gasteiger partial charge in [0.25, 0.3) is 5.91 Å². The fraction of sp³-hybridized carbons (Fsp3) is 0.364. The van der Waals surface area contributed by atoms with Crippen molar-refractivity contribution in [2.75, 3.05) is 7.05 Å². The first-order valence-electron chi connectivity index (χ1n) is 11.3. The molecule has 0 fully saturated rings. The third-order valence-corrected chi connectivity index (χ3v) is 6.20. The quantitative estimate of drug-likeness (QED) is 0.0756. The minimum Gasteiger partial charge on any atom is -0.365 e. The fourth-order valence-corrected chi connectivity index (χ4v) is 4.26. The number of hydrogen-bond donors (Lipinski definition) is 5. The summed E-state index contributed by atoms with van der Waals surface area (Å²) in [7, 11) is 1.42. The van der Waals surface area contributed by atoms with Gasteiger partial charge in [0.1, 0.15) is 5.69 Å². The van der Waals surface area contributed by atoms with Crippen LogP contribution in [0.1, 0.15) is 35.7 Å². The van der Waals surface area contributed by atoms with Crippen LogP contribution in [0.3, 0.4) is 0 Å². The lowest BCUT2D eigenvalue weighted by Gasteiger charge is -2.24. The number of aromatic nitrogens is 2. The molecule has 3 rings (SSSR count). The maximum atomic E-state index is 13.5. The van der Waals surface area contributed by atoms with Gasteiger partial charge in [0.15, 0.2) is 6.17 Å². The second-order valence-corrected chi connectivity index (χ2v) is 9.35. The number of carbonyl (C=O) groups is 2. The van der Waals surface area contributed by atoms with Gasteiger partial charge in [-0.3, -0.25) is 9.59 Å². The Kier molecular flexibility index (Phi) is 9.35. The zero-order chi connectivity index (χ0) is 29.8. The molecule has 2 heterocycles. The highest BCUT2D eigenvalue weighted by Crippen LogP contribution is 2.37. The van der Waals surface area contributed by atoms with Crippen molar-refractivity contribution in [2.24, 2.45) is 10.2 Å². The van der Waals surface area contributed by atoms with Crippen molar-refractivity contribution in [3.63, 3.8) is 0 Å². The molecule has 2 aliphatic rings. The van der Waals surface area contributed by atoms with Crippen molar-refractivity contribution in [3.8, 4) is 0 Å². The molecule has 2 atom stereocenters. The van der Waals surface area contributed by atoms with Gasteiger partial charge in [-0.1, -0.05) is 17.7 Å². The number of halogens is 7. The van der Waals surface area contributed by atoms with E-state index in [1.165, 1.54) is 25.4 Å². The zero-order valence-electron chi connectivity index (χ0n) is 20.7. The number of amides is 2. The third-order valence-electron chi connectivity index (χ3n) is 5.58. The Bertz CT molecular complexity index is 1350. The number of hydrazone groups is 1. The van der Waals surface area contributed by atoms with Crippen LogP contribution in [0.4, 0.5) is 22.0 Å². The van der Waals surface area contributed by atoms with E-state index in [1.807, 2.05) is 5.43 Å². The number of hydrogen-bond acceptors (Lipinski definition) is 7. The molecule has 1 aromatic heterocycles. The summed E-state index contributed by atoms with van der Waals surface area (Å²) in [6.07, 6.45) is -0.485. The van der Waals surface area contributed by atoms with Crippen molar-refractivity contribution in [1.29, 1.82) is 5.53 Å². The number of likely N-dealkylation sites (N-methyl/N-ethyl adjacent to an activating group) is 1. The molecule has 0 aromatic carbocycles. The number of nitrogens with one attached hydrogen (secondary N) is 5. The first-order chi connectivity index (χ1) is 18.7.